The Morgan fingerprint density at radius 2 is 2.15 bits per heavy atom. The smallest absolute Gasteiger partial charge is 0.0716 e. The zero-order chi connectivity index (χ0) is 14.6. The molecule has 0 N–H and O–H groups in total. The lowest BCUT2D eigenvalue weighted by molar-refractivity contribution is 0.109. The van der Waals surface area contributed by atoms with Crippen LogP contribution < -0.4 is 0 Å². The van der Waals surface area contributed by atoms with Crippen LogP contribution in [0.2, 0.25) is 0 Å². The van der Waals surface area contributed by atoms with Crippen LogP contribution >= 0.6 is 0 Å². The first-order valence-corrected chi connectivity index (χ1v) is 7.08. The van der Waals surface area contributed by atoms with E-state index in [9.17, 15) is 0 Å². The topological polar surface area (TPSA) is 58.0 Å². The Hall–Kier alpha value is -1.77. The average molecular weight is 273 g/mol. The minimum Gasteiger partial charge on any atom is -0.377 e. The Bertz CT molecular complexity index is 427. The van der Waals surface area contributed by atoms with Crippen molar-refractivity contribution in [1.29, 1.82) is 0 Å². The number of allylic oxidation sites excluding steroid dienone is 1. The van der Waals surface area contributed by atoms with E-state index >= 15 is 0 Å². The molecule has 0 aromatic heterocycles. The first kappa shape index (κ1) is 16.3. The van der Waals surface area contributed by atoms with Crippen molar-refractivity contribution in [2.24, 2.45) is 11.0 Å². The maximum Gasteiger partial charge on any atom is 0.0716 e. The molecule has 2 atom stereocenters. The monoisotopic (exact) mass is 273 g/mol. The van der Waals surface area contributed by atoms with Crippen LogP contribution in [0.5, 0.6) is 0 Å². The molecule has 0 aliphatic rings. The molecular formula is C16H23N3O. The number of nitrogens with zero attached hydrogens (tertiary/aromatic N) is 3. The van der Waals surface area contributed by atoms with Crippen LogP contribution in [0.4, 0.5) is 0 Å². The van der Waals surface area contributed by atoms with Gasteiger partial charge in [0.1, 0.15) is 0 Å². The Balaban J connectivity index is 2.39. The second kappa shape index (κ2) is 10.1. The third-order valence-corrected chi connectivity index (χ3v) is 3.41. The largest absolute Gasteiger partial charge is 0.377 e. The lowest BCUT2D eigenvalue weighted by Crippen LogP contribution is -2.19. The number of azide groups is 1. The van der Waals surface area contributed by atoms with E-state index < -0.39 is 0 Å². The Morgan fingerprint density at radius 3 is 2.75 bits per heavy atom. The van der Waals surface area contributed by atoms with Crippen molar-refractivity contribution in [3.8, 4) is 0 Å². The molecule has 0 saturated carbocycles. The van der Waals surface area contributed by atoms with Gasteiger partial charge < -0.3 is 4.74 Å². The predicted molar refractivity (Wildman–Crippen MR) is 82.2 cm³/mol. The molecular weight excluding hydrogens is 250 g/mol. The molecule has 0 spiro atoms. The van der Waals surface area contributed by atoms with E-state index in [1.54, 1.807) is 0 Å². The van der Waals surface area contributed by atoms with Crippen molar-refractivity contribution < 1.29 is 4.74 Å². The minimum absolute atomic E-state index is 0.0150. The highest BCUT2D eigenvalue weighted by Crippen LogP contribution is 2.20. The predicted octanol–water partition coefficient (Wildman–Crippen LogP) is 4.87. The molecule has 1 aromatic rings. The van der Waals surface area contributed by atoms with Crippen LogP contribution in [0.25, 0.3) is 10.4 Å². The summed E-state index contributed by atoms with van der Waals surface area (Å²) < 4.78 is 5.66. The van der Waals surface area contributed by atoms with E-state index in [1.807, 2.05) is 36.4 Å². The summed E-state index contributed by atoms with van der Waals surface area (Å²) in [6.45, 7) is 7.07. The van der Waals surface area contributed by atoms with Crippen molar-refractivity contribution in [2.75, 3.05) is 6.61 Å². The standard InChI is InChI=1S/C16H23N3O/c1-3-8-15(4-2)16(18-19-17)11-12-20-13-14-9-6-5-7-10-14/h3,5-7,9-10,15-16H,1,4,8,11-13H2,2H3/t15-,16-/m1/s1. The summed E-state index contributed by atoms with van der Waals surface area (Å²) in [6, 6.07) is 10.0. The third-order valence-electron chi connectivity index (χ3n) is 3.41. The van der Waals surface area contributed by atoms with E-state index in [1.165, 1.54) is 0 Å². The van der Waals surface area contributed by atoms with Crippen molar-refractivity contribution in [3.63, 3.8) is 0 Å². The zero-order valence-electron chi connectivity index (χ0n) is 12.1. The van der Waals surface area contributed by atoms with Gasteiger partial charge in [-0.15, -0.1) is 6.58 Å². The first-order chi connectivity index (χ1) is 9.81. The molecule has 1 aromatic carbocycles. The van der Waals surface area contributed by atoms with E-state index in [2.05, 4.69) is 23.5 Å². The van der Waals surface area contributed by atoms with Gasteiger partial charge in [0.05, 0.1) is 6.61 Å². The summed E-state index contributed by atoms with van der Waals surface area (Å²) in [4.78, 5) is 2.96. The second-order valence-corrected chi connectivity index (χ2v) is 4.79. The average Bonchev–Trinajstić information content (AvgIpc) is 2.49. The van der Waals surface area contributed by atoms with Gasteiger partial charge in [-0.3, -0.25) is 0 Å². The molecule has 0 aliphatic heterocycles. The Kier molecular flexibility index (Phi) is 8.20. The summed E-state index contributed by atoms with van der Waals surface area (Å²) >= 11 is 0. The quantitative estimate of drug-likeness (QED) is 0.197. The number of rotatable bonds is 10. The number of benzene rings is 1. The van der Waals surface area contributed by atoms with Gasteiger partial charge in [-0.1, -0.05) is 54.9 Å². The van der Waals surface area contributed by atoms with Crippen LogP contribution in [-0.4, -0.2) is 12.6 Å². The maximum absolute atomic E-state index is 8.68. The van der Waals surface area contributed by atoms with Gasteiger partial charge in [0.15, 0.2) is 0 Å². The molecule has 0 bridgehead atoms. The number of hydrogen-bond acceptors (Lipinski definition) is 2. The fourth-order valence-corrected chi connectivity index (χ4v) is 2.23. The molecule has 4 heteroatoms. The molecule has 0 amide bonds. The highest BCUT2D eigenvalue weighted by Gasteiger charge is 2.17. The van der Waals surface area contributed by atoms with Gasteiger partial charge in [-0.2, -0.15) is 0 Å². The fraction of sp³-hybridized carbons (Fsp3) is 0.500. The SMILES string of the molecule is C=CC[C@@H](CC)[C@@H](CCOCc1ccccc1)N=[N+]=[N-]. The van der Waals surface area contributed by atoms with Crippen molar-refractivity contribution in [3.05, 3.63) is 59.0 Å². The molecule has 0 unspecified atom stereocenters. The molecule has 0 heterocycles. The fourth-order valence-electron chi connectivity index (χ4n) is 2.23. The lowest BCUT2D eigenvalue weighted by atomic mass is 9.92. The zero-order valence-corrected chi connectivity index (χ0v) is 12.1. The van der Waals surface area contributed by atoms with E-state index in [0.717, 1.165) is 24.8 Å². The molecule has 20 heavy (non-hydrogen) atoms. The van der Waals surface area contributed by atoms with E-state index in [-0.39, 0.29) is 6.04 Å². The van der Waals surface area contributed by atoms with Crippen LogP contribution in [0.3, 0.4) is 0 Å². The van der Waals surface area contributed by atoms with Gasteiger partial charge in [0, 0.05) is 17.6 Å². The molecule has 1 rings (SSSR count). The van der Waals surface area contributed by atoms with Gasteiger partial charge in [-0.05, 0) is 29.9 Å². The van der Waals surface area contributed by atoms with Gasteiger partial charge in [0.2, 0.25) is 0 Å². The number of hydrogen-bond donors (Lipinski definition) is 0. The molecule has 4 nitrogen and oxygen atoms in total. The summed E-state index contributed by atoms with van der Waals surface area (Å²) in [7, 11) is 0. The van der Waals surface area contributed by atoms with Crippen LogP contribution in [0.15, 0.2) is 48.1 Å². The summed E-state index contributed by atoms with van der Waals surface area (Å²) in [5, 5.41) is 3.91. The van der Waals surface area contributed by atoms with E-state index in [0.29, 0.717) is 19.1 Å². The third kappa shape index (κ3) is 5.91. The highest BCUT2D eigenvalue weighted by atomic mass is 16.5. The van der Waals surface area contributed by atoms with Gasteiger partial charge in [-0.25, -0.2) is 0 Å². The van der Waals surface area contributed by atoms with Crippen LogP contribution in [0, 0.1) is 5.92 Å². The molecule has 0 fully saturated rings. The van der Waals surface area contributed by atoms with Gasteiger partial charge in [0.25, 0.3) is 0 Å². The van der Waals surface area contributed by atoms with Crippen LogP contribution in [-0.2, 0) is 11.3 Å². The first-order valence-electron chi connectivity index (χ1n) is 7.08. The van der Waals surface area contributed by atoms with Crippen LogP contribution in [0.1, 0.15) is 31.7 Å². The molecule has 0 aliphatic carbocycles. The highest BCUT2D eigenvalue weighted by molar-refractivity contribution is 5.13. The summed E-state index contributed by atoms with van der Waals surface area (Å²) in [5.74, 6) is 0.351. The number of ether oxygens (including phenoxy) is 1. The Labute approximate surface area is 121 Å². The molecule has 0 radical (unpaired) electrons. The molecule has 108 valence electrons. The minimum atomic E-state index is -0.0150. The lowest BCUT2D eigenvalue weighted by Gasteiger charge is -2.20. The van der Waals surface area contributed by atoms with E-state index in [4.69, 9.17) is 10.3 Å². The second-order valence-electron chi connectivity index (χ2n) is 4.79. The molecule has 0 saturated heterocycles. The van der Waals surface area contributed by atoms with Crippen molar-refractivity contribution >= 4 is 0 Å². The summed E-state index contributed by atoms with van der Waals surface area (Å²) in [6.07, 6.45) is 4.50. The maximum atomic E-state index is 8.68. The van der Waals surface area contributed by atoms with Crippen molar-refractivity contribution in [2.45, 2.75) is 38.8 Å². The van der Waals surface area contributed by atoms with Crippen molar-refractivity contribution in [1.82, 2.24) is 0 Å². The van der Waals surface area contributed by atoms with Gasteiger partial charge >= 0.3 is 0 Å². The Morgan fingerprint density at radius 1 is 1.40 bits per heavy atom. The summed E-state index contributed by atoms with van der Waals surface area (Å²) in [5.41, 5.74) is 9.83. The normalized spacial score (nSPS) is 13.2.